The highest BCUT2D eigenvalue weighted by Crippen LogP contribution is 2.21. The second kappa shape index (κ2) is 9.04. The molecular formula is C20H26ClN5O. The van der Waals surface area contributed by atoms with Crippen molar-refractivity contribution in [2.75, 3.05) is 49.6 Å². The first-order valence-electron chi connectivity index (χ1n) is 9.41. The third-order valence-corrected chi connectivity index (χ3v) is 5.07. The molecule has 2 aromatic rings. The number of nitrogens with zero attached hydrogens (tertiary/aromatic N) is 5. The van der Waals surface area contributed by atoms with Crippen molar-refractivity contribution in [1.29, 1.82) is 0 Å². The fourth-order valence-corrected chi connectivity index (χ4v) is 3.33. The predicted octanol–water partition coefficient (Wildman–Crippen LogP) is 3.33. The van der Waals surface area contributed by atoms with Crippen LogP contribution in [0, 0.1) is 0 Å². The number of carbonyl (C=O) groups is 1. The number of aromatic nitrogens is 2. The number of rotatable bonds is 6. The molecule has 1 aliphatic rings. The molecule has 1 fully saturated rings. The smallest absolute Gasteiger partial charge is 0.274 e. The summed E-state index contributed by atoms with van der Waals surface area (Å²) in [5.74, 6) is 0.738. The van der Waals surface area contributed by atoms with Crippen LogP contribution in [0.4, 0.5) is 11.5 Å². The second-order valence-corrected chi connectivity index (χ2v) is 7.23. The molecular weight excluding hydrogens is 362 g/mol. The Morgan fingerprint density at radius 2 is 1.96 bits per heavy atom. The monoisotopic (exact) mass is 387 g/mol. The van der Waals surface area contributed by atoms with Crippen LogP contribution in [0.5, 0.6) is 0 Å². The summed E-state index contributed by atoms with van der Waals surface area (Å²) in [6.07, 6.45) is 5.51. The molecule has 3 rings (SSSR count). The van der Waals surface area contributed by atoms with Crippen molar-refractivity contribution in [3.63, 3.8) is 0 Å². The summed E-state index contributed by atoms with van der Waals surface area (Å²) in [7, 11) is 2.00. The van der Waals surface area contributed by atoms with E-state index >= 15 is 0 Å². The number of hydrogen-bond donors (Lipinski definition) is 0. The topological polar surface area (TPSA) is 52.6 Å². The van der Waals surface area contributed by atoms with Gasteiger partial charge in [-0.25, -0.2) is 9.97 Å². The van der Waals surface area contributed by atoms with Gasteiger partial charge in [-0.1, -0.05) is 31.0 Å². The standard InChI is InChI=1S/C20H26ClN5O/c1-3-4-8-24(2)19-15-22-18(14-23-19)20(27)26-11-9-25(10-12-26)17-7-5-6-16(21)13-17/h5-7,13-15H,3-4,8-12H2,1-2H3. The lowest BCUT2D eigenvalue weighted by Gasteiger charge is -2.36. The maximum atomic E-state index is 12.7. The van der Waals surface area contributed by atoms with Gasteiger partial charge in [-0.2, -0.15) is 0 Å². The van der Waals surface area contributed by atoms with E-state index in [4.69, 9.17) is 11.6 Å². The lowest BCUT2D eigenvalue weighted by atomic mass is 10.2. The van der Waals surface area contributed by atoms with Crippen molar-refractivity contribution < 1.29 is 4.79 Å². The molecule has 0 bridgehead atoms. The van der Waals surface area contributed by atoms with Crippen LogP contribution in [-0.2, 0) is 0 Å². The zero-order valence-corrected chi connectivity index (χ0v) is 16.7. The van der Waals surface area contributed by atoms with E-state index in [1.165, 1.54) is 0 Å². The minimum Gasteiger partial charge on any atom is -0.368 e. The molecule has 144 valence electrons. The van der Waals surface area contributed by atoms with Crippen molar-refractivity contribution in [2.45, 2.75) is 19.8 Å². The summed E-state index contributed by atoms with van der Waals surface area (Å²) in [4.78, 5) is 27.6. The fourth-order valence-electron chi connectivity index (χ4n) is 3.14. The molecule has 1 saturated heterocycles. The third-order valence-electron chi connectivity index (χ3n) is 4.84. The highest BCUT2D eigenvalue weighted by atomic mass is 35.5. The van der Waals surface area contributed by atoms with Gasteiger partial charge in [-0.3, -0.25) is 4.79 Å². The highest BCUT2D eigenvalue weighted by molar-refractivity contribution is 6.30. The van der Waals surface area contributed by atoms with E-state index in [-0.39, 0.29) is 5.91 Å². The number of hydrogen-bond acceptors (Lipinski definition) is 5. The van der Waals surface area contributed by atoms with Gasteiger partial charge in [0, 0.05) is 50.5 Å². The number of anilines is 2. The summed E-state index contributed by atoms with van der Waals surface area (Å²) in [6.45, 7) is 5.96. The van der Waals surface area contributed by atoms with Crippen LogP contribution < -0.4 is 9.80 Å². The van der Waals surface area contributed by atoms with Crippen LogP contribution in [-0.4, -0.2) is 60.5 Å². The number of benzene rings is 1. The van der Waals surface area contributed by atoms with Crippen LogP contribution in [0.15, 0.2) is 36.7 Å². The first-order valence-corrected chi connectivity index (χ1v) is 9.79. The Morgan fingerprint density at radius 1 is 1.19 bits per heavy atom. The van der Waals surface area contributed by atoms with Gasteiger partial charge in [0.1, 0.15) is 11.5 Å². The molecule has 0 atom stereocenters. The molecule has 1 amide bonds. The fraction of sp³-hybridized carbons (Fsp3) is 0.450. The molecule has 6 nitrogen and oxygen atoms in total. The molecule has 1 aromatic carbocycles. The second-order valence-electron chi connectivity index (χ2n) is 6.79. The molecule has 27 heavy (non-hydrogen) atoms. The van der Waals surface area contributed by atoms with Gasteiger partial charge in [0.2, 0.25) is 0 Å². The van der Waals surface area contributed by atoms with E-state index in [1.807, 2.05) is 36.2 Å². The van der Waals surface area contributed by atoms with E-state index in [0.29, 0.717) is 18.8 Å². The van der Waals surface area contributed by atoms with Crippen molar-refractivity contribution in [3.8, 4) is 0 Å². The van der Waals surface area contributed by atoms with Gasteiger partial charge in [-0.15, -0.1) is 0 Å². The minimum absolute atomic E-state index is 0.0593. The zero-order chi connectivity index (χ0) is 19.2. The van der Waals surface area contributed by atoms with Crippen LogP contribution in [0.2, 0.25) is 5.02 Å². The number of unbranched alkanes of at least 4 members (excludes halogenated alkanes) is 1. The van der Waals surface area contributed by atoms with Crippen LogP contribution in [0.1, 0.15) is 30.3 Å². The van der Waals surface area contributed by atoms with E-state index in [0.717, 1.165) is 49.0 Å². The Balaban J connectivity index is 1.57. The summed E-state index contributed by atoms with van der Waals surface area (Å²) in [5.41, 5.74) is 1.49. The van der Waals surface area contributed by atoms with Gasteiger partial charge >= 0.3 is 0 Å². The average molecular weight is 388 g/mol. The Labute approximate surface area is 165 Å². The molecule has 0 N–H and O–H groups in total. The molecule has 0 radical (unpaired) electrons. The number of amides is 1. The Morgan fingerprint density at radius 3 is 2.59 bits per heavy atom. The quantitative estimate of drug-likeness (QED) is 0.761. The largest absolute Gasteiger partial charge is 0.368 e. The normalized spacial score (nSPS) is 14.3. The van der Waals surface area contributed by atoms with Crippen LogP contribution >= 0.6 is 11.6 Å². The summed E-state index contributed by atoms with van der Waals surface area (Å²) >= 11 is 6.08. The molecule has 0 aliphatic carbocycles. The summed E-state index contributed by atoms with van der Waals surface area (Å²) < 4.78 is 0. The first-order chi connectivity index (χ1) is 13.1. The maximum absolute atomic E-state index is 12.7. The summed E-state index contributed by atoms with van der Waals surface area (Å²) in [5, 5.41) is 0.727. The summed E-state index contributed by atoms with van der Waals surface area (Å²) in [6, 6.07) is 7.82. The van der Waals surface area contributed by atoms with Crippen molar-refractivity contribution >= 4 is 29.0 Å². The number of halogens is 1. The lowest BCUT2D eigenvalue weighted by molar-refractivity contribution is 0.0740. The SMILES string of the molecule is CCCCN(C)c1cnc(C(=O)N2CCN(c3cccc(Cl)c3)CC2)cn1. The van der Waals surface area contributed by atoms with Crippen LogP contribution in [0.25, 0.3) is 0 Å². The van der Waals surface area contributed by atoms with Crippen LogP contribution in [0.3, 0.4) is 0 Å². The van der Waals surface area contributed by atoms with Gasteiger partial charge in [0.05, 0.1) is 12.4 Å². The number of carbonyl (C=O) groups excluding carboxylic acids is 1. The van der Waals surface area contributed by atoms with Crippen molar-refractivity contribution in [2.24, 2.45) is 0 Å². The maximum Gasteiger partial charge on any atom is 0.274 e. The number of piperazine rings is 1. The van der Waals surface area contributed by atoms with Gasteiger partial charge < -0.3 is 14.7 Å². The Kier molecular flexibility index (Phi) is 6.50. The first kappa shape index (κ1) is 19.4. The molecule has 0 saturated carbocycles. The van der Waals surface area contributed by atoms with Gasteiger partial charge in [-0.05, 0) is 24.6 Å². The highest BCUT2D eigenvalue weighted by Gasteiger charge is 2.23. The molecule has 0 spiro atoms. The van der Waals surface area contributed by atoms with Gasteiger partial charge in [0.25, 0.3) is 5.91 Å². The molecule has 7 heteroatoms. The molecule has 1 aromatic heterocycles. The zero-order valence-electron chi connectivity index (χ0n) is 15.9. The Bertz CT molecular complexity index is 759. The molecule has 2 heterocycles. The molecule has 0 unspecified atom stereocenters. The minimum atomic E-state index is -0.0593. The van der Waals surface area contributed by atoms with E-state index in [2.05, 4.69) is 26.7 Å². The van der Waals surface area contributed by atoms with Crippen molar-refractivity contribution in [3.05, 3.63) is 47.4 Å². The van der Waals surface area contributed by atoms with Crippen molar-refractivity contribution in [1.82, 2.24) is 14.9 Å². The predicted molar refractivity (Wildman–Crippen MR) is 110 cm³/mol. The van der Waals surface area contributed by atoms with E-state index in [9.17, 15) is 4.79 Å². The van der Waals surface area contributed by atoms with E-state index < -0.39 is 0 Å². The molecule has 1 aliphatic heterocycles. The third kappa shape index (κ3) is 4.89. The Hall–Kier alpha value is -2.34. The van der Waals surface area contributed by atoms with Gasteiger partial charge in [0.15, 0.2) is 0 Å². The average Bonchev–Trinajstić information content (AvgIpc) is 2.71. The lowest BCUT2D eigenvalue weighted by Crippen LogP contribution is -2.49. The van der Waals surface area contributed by atoms with E-state index in [1.54, 1.807) is 12.4 Å².